The van der Waals surface area contributed by atoms with Crippen molar-refractivity contribution in [2.45, 2.75) is 6.92 Å². The highest BCUT2D eigenvalue weighted by atomic mass is 16.5. The Morgan fingerprint density at radius 2 is 2.47 bits per heavy atom. The molecule has 0 saturated carbocycles. The third-order valence-electron chi connectivity index (χ3n) is 2.01. The Bertz CT molecular complexity index is 508. The summed E-state index contributed by atoms with van der Waals surface area (Å²) in [5, 5.41) is 0. The molecule has 0 spiro atoms. The highest BCUT2D eigenvalue weighted by Gasteiger charge is 2.14. The summed E-state index contributed by atoms with van der Waals surface area (Å²) in [5.41, 5.74) is 1.67. The fourth-order valence-electron chi connectivity index (χ4n) is 1.33. The molecule has 0 radical (unpaired) electrons. The minimum Gasteiger partial charge on any atom is -0.462 e. The van der Waals surface area contributed by atoms with Gasteiger partial charge in [0.2, 0.25) is 0 Å². The van der Waals surface area contributed by atoms with Crippen LogP contribution in [0.1, 0.15) is 27.8 Å². The van der Waals surface area contributed by atoms with Gasteiger partial charge in [0.15, 0.2) is 11.9 Å². The van der Waals surface area contributed by atoms with Crippen LogP contribution in [0.2, 0.25) is 0 Å². The van der Waals surface area contributed by atoms with Crippen LogP contribution in [0.4, 0.5) is 0 Å². The lowest BCUT2D eigenvalue weighted by Gasteiger charge is -1.96. The number of furan rings is 1. The van der Waals surface area contributed by atoms with Gasteiger partial charge in [-0.15, -0.1) is 0 Å². The van der Waals surface area contributed by atoms with Gasteiger partial charge in [0, 0.05) is 6.07 Å². The Balaban J connectivity index is 2.43. The summed E-state index contributed by atoms with van der Waals surface area (Å²) in [5.74, 6) is -0.458. The molecule has 5 nitrogen and oxygen atoms in total. The Hall–Kier alpha value is -2.04. The number of hydrogen-bond donors (Lipinski definition) is 1. The number of rotatable bonds is 3. The predicted octanol–water partition coefficient (Wildman–Crippen LogP) is 1.75. The molecule has 0 unspecified atom stereocenters. The van der Waals surface area contributed by atoms with Crippen molar-refractivity contribution in [3.05, 3.63) is 23.6 Å². The first-order chi connectivity index (χ1) is 7.26. The van der Waals surface area contributed by atoms with E-state index >= 15 is 0 Å². The summed E-state index contributed by atoms with van der Waals surface area (Å²) in [6.07, 6.45) is 2.00. The van der Waals surface area contributed by atoms with Crippen molar-refractivity contribution in [1.29, 1.82) is 0 Å². The summed E-state index contributed by atoms with van der Waals surface area (Å²) in [4.78, 5) is 24.7. The lowest BCUT2D eigenvalue weighted by Crippen LogP contribution is -2.04. The first kappa shape index (κ1) is 9.51. The highest BCUT2D eigenvalue weighted by Crippen LogP contribution is 2.20. The van der Waals surface area contributed by atoms with Crippen molar-refractivity contribution >= 4 is 23.4 Å². The molecule has 5 heteroatoms. The van der Waals surface area contributed by atoms with Gasteiger partial charge in [-0.1, -0.05) is 0 Å². The van der Waals surface area contributed by atoms with Gasteiger partial charge in [-0.2, -0.15) is 0 Å². The first-order valence-electron chi connectivity index (χ1n) is 4.48. The van der Waals surface area contributed by atoms with Gasteiger partial charge in [-0.05, 0) is 6.92 Å². The number of hydrogen-bond acceptors (Lipinski definition) is 4. The molecule has 15 heavy (non-hydrogen) atoms. The van der Waals surface area contributed by atoms with Crippen LogP contribution in [0, 0.1) is 0 Å². The number of ether oxygens (including phenoxy) is 1. The molecule has 0 bridgehead atoms. The molecule has 2 aromatic rings. The molecule has 2 aromatic heterocycles. The lowest BCUT2D eigenvalue weighted by molar-refractivity contribution is 0.0520. The van der Waals surface area contributed by atoms with Crippen LogP contribution >= 0.6 is 0 Å². The second-order valence-electron chi connectivity index (χ2n) is 2.95. The van der Waals surface area contributed by atoms with E-state index in [4.69, 9.17) is 9.15 Å². The number of nitrogens with one attached hydrogen (secondary N) is 1. The zero-order valence-corrected chi connectivity index (χ0v) is 8.07. The maximum atomic E-state index is 11.3. The lowest BCUT2D eigenvalue weighted by atomic mass is 10.3. The molecule has 2 rings (SSSR count). The average Bonchev–Trinajstić information content (AvgIpc) is 2.76. The van der Waals surface area contributed by atoms with Gasteiger partial charge in [0.05, 0.1) is 17.7 Å². The zero-order valence-electron chi connectivity index (χ0n) is 8.07. The van der Waals surface area contributed by atoms with Crippen LogP contribution in [0.3, 0.4) is 0 Å². The second kappa shape index (κ2) is 3.61. The summed E-state index contributed by atoms with van der Waals surface area (Å²) in [6.45, 7) is 2.03. The molecule has 0 fully saturated rings. The molecular formula is C10H9NO4. The van der Waals surface area contributed by atoms with Crippen LogP contribution in [-0.4, -0.2) is 23.8 Å². The molecule has 78 valence electrons. The summed E-state index contributed by atoms with van der Waals surface area (Å²) in [6, 6.07) is 1.51. The molecular weight excluding hydrogens is 198 g/mol. The van der Waals surface area contributed by atoms with Gasteiger partial charge < -0.3 is 14.1 Å². The fraction of sp³-hybridized carbons (Fsp3) is 0.200. The van der Waals surface area contributed by atoms with Gasteiger partial charge in [-0.3, -0.25) is 4.79 Å². The normalized spacial score (nSPS) is 10.5. The smallest absolute Gasteiger partial charge is 0.354 e. The van der Waals surface area contributed by atoms with E-state index in [-0.39, 0.29) is 5.69 Å². The van der Waals surface area contributed by atoms with Crippen molar-refractivity contribution in [1.82, 2.24) is 4.98 Å². The van der Waals surface area contributed by atoms with Crippen molar-refractivity contribution in [2.24, 2.45) is 0 Å². The number of aldehydes is 1. The number of fused-ring (bicyclic) bond motifs is 1. The number of esters is 1. The Labute approximate surface area is 85.0 Å². The number of H-pyrrole nitrogens is 1. The van der Waals surface area contributed by atoms with Crippen LogP contribution in [0.15, 0.2) is 16.7 Å². The molecule has 0 aliphatic rings. The van der Waals surface area contributed by atoms with Crippen LogP contribution in [-0.2, 0) is 4.74 Å². The van der Waals surface area contributed by atoms with Gasteiger partial charge in [0.25, 0.3) is 0 Å². The quantitative estimate of drug-likeness (QED) is 0.614. The van der Waals surface area contributed by atoms with Gasteiger partial charge >= 0.3 is 5.97 Å². The monoisotopic (exact) mass is 207 g/mol. The van der Waals surface area contributed by atoms with Gasteiger partial charge in [-0.25, -0.2) is 4.79 Å². The topological polar surface area (TPSA) is 72.3 Å². The summed E-state index contributed by atoms with van der Waals surface area (Å²) >= 11 is 0. The van der Waals surface area contributed by atoms with Crippen LogP contribution < -0.4 is 0 Å². The fourth-order valence-corrected chi connectivity index (χ4v) is 1.33. The molecule has 2 heterocycles. The Morgan fingerprint density at radius 1 is 1.67 bits per heavy atom. The van der Waals surface area contributed by atoms with E-state index in [2.05, 4.69) is 4.98 Å². The van der Waals surface area contributed by atoms with Crippen LogP contribution in [0.25, 0.3) is 11.1 Å². The van der Waals surface area contributed by atoms with Crippen LogP contribution in [0.5, 0.6) is 0 Å². The Morgan fingerprint density at radius 3 is 3.13 bits per heavy atom. The minimum absolute atomic E-state index is 0.286. The maximum absolute atomic E-state index is 11.3. The zero-order chi connectivity index (χ0) is 10.8. The maximum Gasteiger partial charge on any atom is 0.354 e. The molecule has 0 saturated heterocycles. The van der Waals surface area contributed by atoms with Crippen molar-refractivity contribution in [3.63, 3.8) is 0 Å². The third kappa shape index (κ3) is 1.52. The van der Waals surface area contributed by atoms with E-state index in [0.29, 0.717) is 29.6 Å². The molecule has 1 N–H and O–H groups in total. The minimum atomic E-state index is -0.458. The van der Waals surface area contributed by atoms with E-state index < -0.39 is 5.97 Å². The average molecular weight is 207 g/mol. The number of aromatic amines is 1. The Kier molecular flexibility index (Phi) is 2.29. The summed E-state index contributed by atoms with van der Waals surface area (Å²) in [7, 11) is 0. The number of carbonyl (C=O) groups excluding carboxylic acids is 2. The van der Waals surface area contributed by atoms with E-state index in [9.17, 15) is 9.59 Å². The van der Waals surface area contributed by atoms with E-state index in [1.807, 2.05) is 0 Å². The molecule has 0 aromatic carbocycles. The number of aromatic nitrogens is 1. The molecule has 0 amide bonds. The predicted molar refractivity (Wildman–Crippen MR) is 51.9 cm³/mol. The second-order valence-corrected chi connectivity index (χ2v) is 2.95. The standard InChI is InChI=1S/C10H9NO4/c1-2-14-10(13)7-3-8-9(11-7)6(4-12)5-15-8/h3-5,11H,2H2,1H3. The first-order valence-corrected chi connectivity index (χ1v) is 4.48. The SMILES string of the molecule is CCOC(=O)c1cc2occ(C=O)c2[nH]1. The number of carbonyl (C=O) groups is 2. The largest absolute Gasteiger partial charge is 0.462 e. The van der Waals surface area contributed by atoms with Crippen molar-refractivity contribution < 1.29 is 18.7 Å². The highest BCUT2D eigenvalue weighted by molar-refractivity contribution is 5.99. The molecule has 0 atom stereocenters. The summed E-state index contributed by atoms with van der Waals surface area (Å²) < 4.78 is 9.88. The molecule has 0 aliphatic heterocycles. The van der Waals surface area contributed by atoms with E-state index in [0.717, 1.165) is 0 Å². The third-order valence-corrected chi connectivity index (χ3v) is 2.01. The van der Waals surface area contributed by atoms with Crippen molar-refractivity contribution in [3.8, 4) is 0 Å². The van der Waals surface area contributed by atoms with Gasteiger partial charge in [0.1, 0.15) is 12.0 Å². The molecule has 0 aliphatic carbocycles. The van der Waals surface area contributed by atoms with Crippen molar-refractivity contribution in [2.75, 3.05) is 6.61 Å². The van der Waals surface area contributed by atoms with E-state index in [1.165, 1.54) is 12.3 Å². The van der Waals surface area contributed by atoms with E-state index in [1.54, 1.807) is 6.92 Å².